The molecule has 1 amide bonds. The first kappa shape index (κ1) is 17.3. The summed E-state index contributed by atoms with van der Waals surface area (Å²) in [5.74, 6) is 0.313. The summed E-state index contributed by atoms with van der Waals surface area (Å²) in [5.41, 5.74) is 2.12. The summed E-state index contributed by atoms with van der Waals surface area (Å²) in [4.78, 5) is 12.0. The third kappa shape index (κ3) is 4.30. The second-order valence-corrected chi connectivity index (χ2v) is 7.50. The van der Waals surface area contributed by atoms with Crippen molar-refractivity contribution in [2.24, 2.45) is 0 Å². The van der Waals surface area contributed by atoms with Gasteiger partial charge in [-0.2, -0.15) is 0 Å². The van der Waals surface area contributed by atoms with E-state index in [9.17, 15) is 13.2 Å². The molecule has 1 heterocycles. The Hall–Kier alpha value is -2.54. The van der Waals surface area contributed by atoms with Gasteiger partial charge in [0.25, 0.3) is 10.0 Å². The molecule has 0 fully saturated rings. The third-order valence-electron chi connectivity index (χ3n) is 3.83. The molecule has 0 saturated heterocycles. The molecule has 3 rings (SSSR count). The molecule has 0 unspecified atom stereocenters. The van der Waals surface area contributed by atoms with Crippen LogP contribution >= 0.6 is 0 Å². The Kier molecular flexibility index (Phi) is 4.94. The number of sulfonamides is 1. The van der Waals surface area contributed by atoms with Gasteiger partial charge in [0, 0.05) is 12.5 Å². The second kappa shape index (κ2) is 7.14. The summed E-state index contributed by atoms with van der Waals surface area (Å²) in [7, 11) is -3.94. The van der Waals surface area contributed by atoms with Crippen molar-refractivity contribution in [2.75, 3.05) is 13.2 Å². The van der Waals surface area contributed by atoms with Gasteiger partial charge in [0.05, 0.1) is 4.90 Å². The van der Waals surface area contributed by atoms with E-state index in [2.05, 4.69) is 4.72 Å². The standard InChI is InChI=1S/C18H19NO5S/c1-13-2-4-14(5-3-13)6-9-18(20)19-25(21,22)15-7-8-16-17(12-15)24-11-10-23-16/h2-5,7-8,12H,6,9-11H2,1H3,(H,19,20). The number of carbonyl (C=O) groups is 1. The van der Waals surface area contributed by atoms with Crippen LogP contribution in [0.5, 0.6) is 11.5 Å². The lowest BCUT2D eigenvalue weighted by Crippen LogP contribution is -2.30. The lowest BCUT2D eigenvalue weighted by Gasteiger charge is -2.18. The molecule has 1 aliphatic rings. The Labute approximate surface area is 146 Å². The van der Waals surface area contributed by atoms with Crippen LogP contribution in [0.4, 0.5) is 0 Å². The number of nitrogens with one attached hydrogen (secondary N) is 1. The van der Waals surface area contributed by atoms with Crippen molar-refractivity contribution in [1.82, 2.24) is 4.72 Å². The zero-order valence-electron chi connectivity index (χ0n) is 13.8. The van der Waals surface area contributed by atoms with Crippen LogP contribution in [0.1, 0.15) is 17.5 Å². The highest BCUT2D eigenvalue weighted by atomic mass is 32.2. The van der Waals surface area contributed by atoms with Gasteiger partial charge in [0.1, 0.15) is 13.2 Å². The SMILES string of the molecule is Cc1ccc(CCC(=O)NS(=O)(=O)c2ccc3c(c2)OCCO3)cc1. The summed E-state index contributed by atoms with van der Waals surface area (Å²) < 4.78 is 37.5. The molecule has 0 aromatic heterocycles. The first-order chi connectivity index (χ1) is 11.9. The Morgan fingerprint density at radius 2 is 1.72 bits per heavy atom. The minimum atomic E-state index is -3.94. The van der Waals surface area contributed by atoms with E-state index in [4.69, 9.17) is 9.47 Å². The van der Waals surface area contributed by atoms with Crippen LogP contribution in [0.2, 0.25) is 0 Å². The molecule has 1 N–H and O–H groups in total. The normalized spacial score (nSPS) is 13.3. The zero-order chi connectivity index (χ0) is 17.9. The van der Waals surface area contributed by atoms with Crippen molar-refractivity contribution in [3.05, 3.63) is 53.6 Å². The summed E-state index contributed by atoms with van der Waals surface area (Å²) in [6, 6.07) is 12.1. The highest BCUT2D eigenvalue weighted by Gasteiger charge is 2.21. The van der Waals surface area contributed by atoms with Gasteiger partial charge in [-0.3, -0.25) is 4.79 Å². The monoisotopic (exact) mass is 361 g/mol. The van der Waals surface area contributed by atoms with Gasteiger partial charge in [-0.05, 0) is 31.0 Å². The molecule has 0 spiro atoms. The molecule has 2 aromatic rings. The molecular weight excluding hydrogens is 342 g/mol. The van der Waals surface area contributed by atoms with E-state index in [0.29, 0.717) is 31.1 Å². The molecule has 7 heteroatoms. The molecular formula is C18H19NO5S. The average molecular weight is 361 g/mol. The van der Waals surface area contributed by atoms with Crippen molar-refractivity contribution >= 4 is 15.9 Å². The van der Waals surface area contributed by atoms with Gasteiger partial charge >= 0.3 is 0 Å². The third-order valence-corrected chi connectivity index (χ3v) is 5.20. The maximum absolute atomic E-state index is 12.4. The quantitative estimate of drug-likeness (QED) is 0.883. The van der Waals surface area contributed by atoms with Crippen molar-refractivity contribution in [3.8, 4) is 11.5 Å². The summed E-state index contributed by atoms with van der Waals surface area (Å²) in [5, 5.41) is 0. The summed E-state index contributed by atoms with van der Waals surface area (Å²) in [6.45, 7) is 2.77. The molecule has 2 aromatic carbocycles. The van der Waals surface area contributed by atoms with Crippen molar-refractivity contribution in [3.63, 3.8) is 0 Å². The number of aryl methyl sites for hydroxylation is 2. The highest BCUT2D eigenvalue weighted by Crippen LogP contribution is 2.32. The fraction of sp³-hybridized carbons (Fsp3) is 0.278. The van der Waals surface area contributed by atoms with Gasteiger partial charge in [-0.1, -0.05) is 29.8 Å². The summed E-state index contributed by atoms with van der Waals surface area (Å²) >= 11 is 0. The minimum absolute atomic E-state index is 0.0274. The van der Waals surface area contributed by atoms with Crippen LogP contribution in [-0.4, -0.2) is 27.5 Å². The largest absolute Gasteiger partial charge is 0.486 e. The van der Waals surface area contributed by atoms with E-state index in [1.165, 1.54) is 18.2 Å². The number of amides is 1. The molecule has 1 aliphatic heterocycles. The van der Waals surface area contributed by atoms with Gasteiger partial charge in [0.2, 0.25) is 5.91 Å². The van der Waals surface area contributed by atoms with Crippen LogP contribution in [0.15, 0.2) is 47.4 Å². The number of ether oxygens (including phenoxy) is 2. The molecule has 0 bridgehead atoms. The van der Waals surface area contributed by atoms with E-state index in [-0.39, 0.29) is 11.3 Å². The maximum atomic E-state index is 12.4. The van der Waals surface area contributed by atoms with Crippen molar-refractivity contribution in [1.29, 1.82) is 0 Å². The Balaban J connectivity index is 1.64. The minimum Gasteiger partial charge on any atom is -0.486 e. The van der Waals surface area contributed by atoms with Gasteiger partial charge in [-0.25, -0.2) is 13.1 Å². The molecule has 0 atom stereocenters. The molecule has 6 nitrogen and oxygen atoms in total. The predicted molar refractivity (Wildman–Crippen MR) is 92.3 cm³/mol. The molecule has 132 valence electrons. The lowest BCUT2D eigenvalue weighted by atomic mass is 10.1. The first-order valence-electron chi connectivity index (χ1n) is 7.95. The highest BCUT2D eigenvalue weighted by molar-refractivity contribution is 7.90. The number of benzene rings is 2. The lowest BCUT2D eigenvalue weighted by molar-refractivity contribution is -0.119. The van der Waals surface area contributed by atoms with Crippen LogP contribution in [0, 0.1) is 6.92 Å². The fourth-order valence-electron chi connectivity index (χ4n) is 2.46. The van der Waals surface area contributed by atoms with E-state index in [0.717, 1.165) is 11.1 Å². The van der Waals surface area contributed by atoms with Crippen molar-refractivity contribution < 1.29 is 22.7 Å². The van der Waals surface area contributed by atoms with E-state index in [1.807, 2.05) is 31.2 Å². The Morgan fingerprint density at radius 1 is 1.04 bits per heavy atom. The van der Waals surface area contributed by atoms with E-state index >= 15 is 0 Å². The van der Waals surface area contributed by atoms with Crippen LogP contribution in [0.3, 0.4) is 0 Å². The smallest absolute Gasteiger partial charge is 0.264 e. The number of rotatable bonds is 5. The van der Waals surface area contributed by atoms with Crippen LogP contribution in [0.25, 0.3) is 0 Å². The van der Waals surface area contributed by atoms with Crippen molar-refractivity contribution in [2.45, 2.75) is 24.7 Å². The predicted octanol–water partition coefficient (Wildman–Crippen LogP) is 2.20. The topological polar surface area (TPSA) is 81.7 Å². The van der Waals surface area contributed by atoms with Gasteiger partial charge < -0.3 is 9.47 Å². The second-order valence-electron chi connectivity index (χ2n) is 5.82. The number of carbonyl (C=O) groups excluding carboxylic acids is 1. The van der Waals surface area contributed by atoms with Gasteiger partial charge in [0.15, 0.2) is 11.5 Å². The number of hydrogen-bond acceptors (Lipinski definition) is 5. The van der Waals surface area contributed by atoms with Gasteiger partial charge in [-0.15, -0.1) is 0 Å². The maximum Gasteiger partial charge on any atom is 0.264 e. The van der Waals surface area contributed by atoms with E-state index in [1.54, 1.807) is 0 Å². The Bertz CT molecular complexity index is 875. The molecule has 0 aliphatic carbocycles. The molecule has 25 heavy (non-hydrogen) atoms. The van der Waals surface area contributed by atoms with Crippen LogP contribution < -0.4 is 14.2 Å². The van der Waals surface area contributed by atoms with Crippen LogP contribution in [-0.2, 0) is 21.2 Å². The fourth-order valence-corrected chi connectivity index (χ4v) is 3.49. The summed E-state index contributed by atoms with van der Waals surface area (Å²) in [6.07, 6.45) is 0.565. The number of hydrogen-bond donors (Lipinski definition) is 1. The zero-order valence-corrected chi connectivity index (χ0v) is 14.6. The molecule has 0 radical (unpaired) electrons. The molecule has 0 saturated carbocycles. The van der Waals surface area contributed by atoms with E-state index < -0.39 is 15.9 Å². The number of fused-ring (bicyclic) bond motifs is 1. The Morgan fingerprint density at radius 3 is 2.44 bits per heavy atom. The first-order valence-corrected chi connectivity index (χ1v) is 9.43. The average Bonchev–Trinajstić information content (AvgIpc) is 2.60.